The number of likely N-dealkylation sites (tertiary alicyclic amines) is 1. The maximum absolute atomic E-state index is 12.2. The van der Waals surface area contributed by atoms with Crippen LogP contribution in [-0.2, 0) is 0 Å². The number of carbonyl (C=O) groups is 1. The first-order valence-electron chi connectivity index (χ1n) is 5.28. The molecular formula is C11H15NO2S2. The van der Waals surface area contributed by atoms with E-state index in [1.165, 1.54) is 11.3 Å². The third kappa shape index (κ3) is 2.26. The van der Waals surface area contributed by atoms with E-state index in [0.29, 0.717) is 6.54 Å². The van der Waals surface area contributed by atoms with E-state index >= 15 is 0 Å². The van der Waals surface area contributed by atoms with Crippen LogP contribution in [0, 0.1) is 5.92 Å². The highest BCUT2D eigenvalue weighted by Crippen LogP contribution is 2.28. The van der Waals surface area contributed by atoms with Crippen molar-refractivity contribution < 1.29 is 9.90 Å². The van der Waals surface area contributed by atoms with E-state index in [-0.39, 0.29) is 18.4 Å². The average molecular weight is 257 g/mol. The molecule has 1 aromatic heterocycles. The number of hydrogen-bond donors (Lipinski definition) is 1. The van der Waals surface area contributed by atoms with Crippen LogP contribution >= 0.6 is 23.1 Å². The fraction of sp³-hybridized carbons (Fsp3) is 0.545. The first kappa shape index (κ1) is 12.0. The lowest BCUT2D eigenvalue weighted by Crippen LogP contribution is -2.28. The summed E-state index contributed by atoms with van der Waals surface area (Å²) in [5.74, 6) is 0.386. The van der Waals surface area contributed by atoms with Gasteiger partial charge in [0.2, 0.25) is 0 Å². The van der Waals surface area contributed by atoms with Crippen LogP contribution in [0.2, 0.25) is 0 Å². The molecule has 5 heteroatoms. The van der Waals surface area contributed by atoms with Crippen molar-refractivity contribution in [1.82, 2.24) is 4.90 Å². The second-order valence-corrected chi connectivity index (χ2v) is 5.67. The molecule has 88 valence electrons. The summed E-state index contributed by atoms with van der Waals surface area (Å²) in [7, 11) is 0. The Hall–Kier alpha value is -0.520. The van der Waals surface area contributed by atoms with Gasteiger partial charge in [-0.2, -0.15) is 0 Å². The molecule has 2 rings (SSSR count). The summed E-state index contributed by atoms with van der Waals surface area (Å²) in [5.41, 5.74) is 0. The highest BCUT2D eigenvalue weighted by atomic mass is 32.2. The molecular weight excluding hydrogens is 242 g/mol. The van der Waals surface area contributed by atoms with Gasteiger partial charge >= 0.3 is 0 Å². The van der Waals surface area contributed by atoms with Gasteiger partial charge in [0.25, 0.3) is 5.91 Å². The SMILES string of the molecule is CSc1ccsc1C(=O)N1CCC(CO)C1. The lowest BCUT2D eigenvalue weighted by atomic mass is 10.1. The summed E-state index contributed by atoms with van der Waals surface area (Å²) in [5, 5.41) is 11.0. The highest BCUT2D eigenvalue weighted by molar-refractivity contribution is 7.98. The van der Waals surface area contributed by atoms with Gasteiger partial charge in [0.1, 0.15) is 4.88 Å². The van der Waals surface area contributed by atoms with Gasteiger partial charge in [-0.1, -0.05) is 0 Å². The van der Waals surface area contributed by atoms with E-state index < -0.39 is 0 Å². The molecule has 3 nitrogen and oxygen atoms in total. The Morgan fingerprint density at radius 1 is 1.75 bits per heavy atom. The Morgan fingerprint density at radius 3 is 3.19 bits per heavy atom. The number of rotatable bonds is 3. The minimum Gasteiger partial charge on any atom is -0.396 e. The lowest BCUT2D eigenvalue weighted by molar-refractivity contribution is 0.0783. The van der Waals surface area contributed by atoms with Crippen LogP contribution in [0.3, 0.4) is 0 Å². The zero-order chi connectivity index (χ0) is 11.5. The molecule has 1 aliphatic rings. The third-order valence-electron chi connectivity index (χ3n) is 2.87. The van der Waals surface area contributed by atoms with Crippen LogP contribution in [0.5, 0.6) is 0 Å². The molecule has 1 aromatic rings. The smallest absolute Gasteiger partial charge is 0.265 e. The molecule has 0 bridgehead atoms. The molecule has 1 aliphatic heterocycles. The predicted octanol–water partition coefficient (Wildman–Crippen LogP) is 1.92. The van der Waals surface area contributed by atoms with Crippen LogP contribution in [0.25, 0.3) is 0 Å². The van der Waals surface area contributed by atoms with Crippen LogP contribution in [0.4, 0.5) is 0 Å². The Kier molecular flexibility index (Phi) is 3.89. The largest absolute Gasteiger partial charge is 0.396 e. The van der Waals surface area contributed by atoms with Gasteiger partial charge in [0, 0.05) is 30.5 Å². The number of carbonyl (C=O) groups excluding carboxylic acids is 1. The number of nitrogens with zero attached hydrogens (tertiary/aromatic N) is 1. The van der Waals surface area contributed by atoms with Crippen molar-refractivity contribution in [2.24, 2.45) is 5.92 Å². The third-order valence-corrected chi connectivity index (χ3v) is 4.69. The highest BCUT2D eigenvalue weighted by Gasteiger charge is 2.28. The lowest BCUT2D eigenvalue weighted by Gasteiger charge is -2.15. The van der Waals surface area contributed by atoms with E-state index in [1.807, 2.05) is 22.6 Å². The Bertz CT molecular complexity index is 378. The molecule has 0 saturated carbocycles. The molecule has 1 fully saturated rings. The predicted molar refractivity (Wildman–Crippen MR) is 67.2 cm³/mol. The van der Waals surface area contributed by atoms with Crippen molar-refractivity contribution in [3.8, 4) is 0 Å². The van der Waals surface area contributed by atoms with Crippen LogP contribution in [0.1, 0.15) is 16.1 Å². The van der Waals surface area contributed by atoms with Crippen LogP contribution in [0.15, 0.2) is 16.3 Å². The topological polar surface area (TPSA) is 40.5 Å². The summed E-state index contributed by atoms with van der Waals surface area (Å²) in [4.78, 5) is 15.9. The van der Waals surface area contributed by atoms with E-state index in [1.54, 1.807) is 11.8 Å². The van der Waals surface area contributed by atoms with Crippen molar-refractivity contribution in [3.63, 3.8) is 0 Å². The number of amides is 1. The van der Waals surface area contributed by atoms with Gasteiger partial charge in [-0.25, -0.2) is 0 Å². The fourth-order valence-electron chi connectivity index (χ4n) is 1.92. The van der Waals surface area contributed by atoms with E-state index in [0.717, 1.165) is 22.7 Å². The number of aliphatic hydroxyl groups excluding tert-OH is 1. The molecule has 2 heterocycles. The molecule has 0 spiro atoms. The first-order valence-corrected chi connectivity index (χ1v) is 7.38. The molecule has 0 radical (unpaired) electrons. The van der Waals surface area contributed by atoms with Gasteiger partial charge in [0.15, 0.2) is 0 Å². The normalized spacial score (nSPS) is 20.4. The van der Waals surface area contributed by atoms with Crippen LogP contribution in [-0.4, -0.2) is 41.9 Å². The maximum atomic E-state index is 12.2. The van der Waals surface area contributed by atoms with Crippen molar-refractivity contribution in [3.05, 3.63) is 16.3 Å². The van der Waals surface area contributed by atoms with Gasteiger partial charge < -0.3 is 10.0 Å². The minimum absolute atomic E-state index is 0.121. The van der Waals surface area contributed by atoms with Crippen LogP contribution < -0.4 is 0 Å². The molecule has 1 atom stereocenters. The fourth-order valence-corrected chi connectivity index (χ4v) is 3.64. The van der Waals surface area contributed by atoms with Gasteiger partial charge in [-0.15, -0.1) is 23.1 Å². The number of thioether (sulfide) groups is 1. The summed E-state index contributed by atoms with van der Waals surface area (Å²) in [6.07, 6.45) is 2.90. The van der Waals surface area contributed by atoms with E-state index in [2.05, 4.69) is 0 Å². The second kappa shape index (κ2) is 5.21. The Balaban J connectivity index is 2.08. The van der Waals surface area contributed by atoms with Gasteiger partial charge in [0.05, 0.1) is 0 Å². The monoisotopic (exact) mass is 257 g/mol. The van der Waals surface area contributed by atoms with Gasteiger partial charge in [-0.05, 0) is 24.1 Å². The summed E-state index contributed by atoms with van der Waals surface area (Å²) < 4.78 is 0. The zero-order valence-electron chi connectivity index (χ0n) is 9.18. The number of aliphatic hydroxyl groups is 1. The summed E-state index contributed by atoms with van der Waals surface area (Å²) in [6, 6.07) is 1.99. The van der Waals surface area contributed by atoms with Crippen molar-refractivity contribution in [2.75, 3.05) is 26.0 Å². The molecule has 1 amide bonds. The molecule has 1 saturated heterocycles. The summed E-state index contributed by atoms with van der Waals surface area (Å²) >= 11 is 3.11. The van der Waals surface area contributed by atoms with Crippen molar-refractivity contribution >= 4 is 29.0 Å². The quantitative estimate of drug-likeness (QED) is 0.841. The minimum atomic E-state index is 0.121. The zero-order valence-corrected chi connectivity index (χ0v) is 10.8. The Labute approximate surface area is 103 Å². The van der Waals surface area contributed by atoms with Crippen molar-refractivity contribution in [1.29, 1.82) is 0 Å². The molecule has 0 aromatic carbocycles. The second-order valence-electron chi connectivity index (χ2n) is 3.91. The number of hydrogen-bond acceptors (Lipinski definition) is 4. The van der Waals surface area contributed by atoms with Crippen molar-refractivity contribution in [2.45, 2.75) is 11.3 Å². The first-order chi connectivity index (χ1) is 7.76. The van der Waals surface area contributed by atoms with E-state index in [9.17, 15) is 4.79 Å². The number of thiophene rings is 1. The molecule has 16 heavy (non-hydrogen) atoms. The maximum Gasteiger partial charge on any atom is 0.265 e. The standard InChI is InChI=1S/C11H15NO2S2/c1-15-9-3-5-16-10(9)11(14)12-4-2-8(6-12)7-13/h3,5,8,13H,2,4,6-7H2,1H3. The molecule has 0 aliphatic carbocycles. The van der Waals surface area contributed by atoms with Gasteiger partial charge in [-0.3, -0.25) is 4.79 Å². The molecule has 1 N–H and O–H groups in total. The average Bonchev–Trinajstić information content (AvgIpc) is 2.96. The summed E-state index contributed by atoms with van der Waals surface area (Å²) in [6.45, 7) is 1.65. The Morgan fingerprint density at radius 2 is 2.56 bits per heavy atom. The van der Waals surface area contributed by atoms with E-state index in [4.69, 9.17) is 5.11 Å². The molecule has 1 unspecified atom stereocenters.